The first-order valence-electron chi connectivity index (χ1n) is 14.3. The largest absolute Gasteiger partial charge is 0.416 e. The van der Waals surface area contributed by atoms with Crippen LogP contribution in [0.4, 0.5) is 0 Å². The van der Waals surface area contributed by atoms with E-state index in [-0.39, 0.29) is 5.41 Å². The van der Waals surface area contributed by atoms with Crippen molar-refractivity contribution in [2.45, 2.75) is 5.41 Å². The summed E-state index contributed by atoms with van der Waals surface area (Å²) in [7, 11) is 0. The topological polar surface area (TPSA) is 38.9 Å². The zero-order valence-corrected chi connectivity index (χ0v) is 22.7. The summed E-state index contributed by atoms with van der Waals surface area (Å²) in [4.78, 5) is 0. The molecule has 1 spiro atoms. The predicted octanol–water partition coefficient (Wildman–Crippen LogP) is 9.41. The third-order valence-corrected chi connectivity index (χ3v) is 8.89. The van der Waals surface area contributed by atoms with Gasteiger partial charge < -0.3 is 4.42 Å². The Labute approximate surface area is 243 Å². The Bertz CT molecular complexity index is 2110. The Hall–Kier alpha value is -5.54. The molecule has 0 saturated carbocycles. The van der Waals surface area contributed by atoms with Crippen molar-refractivity contribution in [2.24, 2.45) is 0 Å². The van der Waals surface area contributed by atoms with Crippen molar-refractivity contribution < 1.29 is 4.42 Å². The van der Waals surface area contributed by atoms with Gasteiger partial charge >= 0.3 is 0 Å². The van der Waals surface area contributed by atoms with E-state index in [1.807, 2.05) is 36.4 Å². The molecule has 3 nitrogen and oxygen atoms in total. The van der Waals surface area contributed by atoms with E-state index in [2.05, 4.69) is 119 Å². The minimum atomic E-state index is -0.357. The normalized spacial score (nSPS) is 13.4. The van der Waals surface area contributed by atoms with Crippen molar-refractivity contribution in [3.05, 3.63) is 168 Å². The Morgan fingerprint density at radius 1 is 0.381 bits per heavy atom. The van der Waals surface area contributed by atoms with E-state index in [0.29, 0.717) is 11.8 Å². The number of aromatic nitrogens is 2. The highest BCUT2D eigenvalue weighted by Gasteiger charge is 2.51. The number of benzene rings is 6. The summed E-state index contributed by atoms with van der Waals surface area (Å²) < 4.78 is 6.13. The van der Waals surface area contributed by atoms with Crippen LogP contribution < -0.4 is 0 Å². The van der Waals surface area contributed by atoms with E-state index >= 15 is 0 Å². The molecule has 0 radical (unpaired) electrons. The molecule has 2 aliphatic rings. The molecule has 0 saturated heterocycles. The van der Waals surface area contributed by atoms with Gasteiger partial charge in [0.25, 0.3) is 0 Å². The van der Waals surface area contributed by atoms with E-state index in [0.717, 1.165) is 16.7 Å². The highest BCUT2D eigenvalue weighted by atomic mass is 16.4. The second kappa shape index (κ2) is 8.73. The van der Waals surface area contributed by atoms with Gasteiger partial charge in [0.15, 0.2) is 0 Å². The highest BCUT2D eigenvalue weighted by molar-refractivity contribution is 6.00. The van der Waals surface area contributed by atoms with Gasteiger partial charge in [-0.05, 0) is 79.9 Å². The molecule has 9 rings (SSSR count). The second-order valence-corrected chi connectivity index (χ2v) is 11.0. The summed E-state index contributed by atoms with van der Waals surface area (Å²) in [6.45, 7) is 0. The van der Waals surface area contributed by atoms with Gasteiger partial charge in [0.2, 0.25) is 11.8 Å². The van der Waals surface area contributed by atoms with E-state index in [9.17, 15) is 0 Å². The van der Waals surface area contributed by atoms with Crippen LogP contribution in [-0.2, 0) is 5.41 Å². The molecule has 2 aliphatic carbocycles. The smallest absolute Gasteiger partial charge is 0.248 e. The van der Waals surface area contributed by atoms with Crippen LogP contribution in [0.25, 0.3) is 56.3 Å². The molecular formula is C39H24N2O. The van der Waals surface area contributed by atoms with E-state index < -0.39 is 0 Å². The van der Waals surface area contributed by atoms with Crippen LogP contribution in [0.1, 0.15) is 22.3 Å². The molecule has 42 heavy (non-hydrogen) atoms. The summed E-state index contributed by atoms with van der Waals surface area (Å²) in [6, 6.07) is 51.9. The molecule has 196 valence electrons. The molecular weight excluding hydrogens is 512 g/mol. The van der Waals surface area contributed by atoms with Gasteiger partial charge in [0.1, 0.15) is 0 Å². The zero-order chi connectivity index (χ0) is 27.7. The minimum Gasteiger partial charge on any atom is -0.416 e. The monoisotopic (exact) mass is 536 g/mol. The van der Waals surface area contributed by atoms with E-state index in [4.69, 9.17) is 4.42 Å². The average molecular weight is 537 g/mol. The minimum absolute atomic E-state index is 0.357. The Morgan fingerprint density at radius 2 is 0.857 bits per heavy atom. The lowest BCUT2D eigenvalue weighted by Crippen LogP contribution is -2.25. The van der Waals surface area contributed by atoms with Gasteiger partial charge in [-0.25, -0.2) is 0 Å². The first-order valence-corrected chi connectivity index (χ1v) is 14.3. The first kappa shape index (κ1) is 23.2. The molecule has 1 heterocycles. The van der Waals surface area contributed by atoms with Crippen LogP contribution in [0, 0.1) is 0 Å². The van der Waals surface area contributed by atoms with Gasteiger partial charge in [0.05, 0.1) is 5.41 Å². The molecule has 0 amide bonds. The third kappa shape index (κ3) is 3.05. The van der Waals surface area contributed by atoms with Crippen LogP contribution >= 0.6 is 0 Å². The maximum absolute atomic E-state index is 6.13. The molecule has 0 aliphatic heterocycles. The first-order chi connectivity index (χ1) is 20.8. The lowest BCUT2D eigenvalue weighted by molar-refractivity contribution is 0.584. The van der Waals surface area contributed by atoms with Gasteiger partial charge in [-0.3, -0.25) is 0 Å². The summed E-state index contributed by atoms with van der Waals surface area (Å²) in [6.07, 6.45) is 0. The molecule has 0 N–H and O–H groups in total. The van der Waals surface area contributed by atoms with E-state index in [1.54, 1.807) is 0 Å². The van der Waals surface area contributed by atoms with Gasteiger partial charge in [-0.15, -0.1) is 10.2 Å². The standard InChI is InChI=1S/C39H24N2O/c1-2-12-25(13-3-1)37-40-41-38(42-37)27-15-10-14-26(24-27)28-19-11-23-35-36(28)31-18-6-9-22-34(31)39(35)32-20-7-4-16-29(32)30-17-5-8-21-33(30)39/h1-24H. The predicted molar refractivity (Wildman–Crippen MR) is 167 cm³/mol. The molecule has 6 aromatic carbocycles. The lowest BCUT2D eigenvalue weighted by atomic mass is 9.70. The van der Waals surface area contributed by atoms with Crippen molar-refractivity contribution in [1.29, 1.82) is 0 Å². The SMILES string of the molecule is c1ccc(-c2nnc(-c3cccc(-c4cccc5c4-c4ccccc4C54c5ccccc5-c5ccccc54)c3)o2)cc1. The van der Waals surface area contributed by atoms with Gasteiger partial charge in [0, 0.05) is 11.1 Å². The van der Waals surface area contributed by atoms with Crippen LogP contribution in [0.3, 0.4) is 0 Å². The van der Waals surface area contributed by atoms with Crippen molar-refractivity contribution in [3.8, 4) is 56.3 Å². The van der Waals surface area contributed by atoms with Crippen molar-refractivity contribution in [2.75, 3.05) is 0 Å². The zero-order valence-electron chi connectivity index (χ0n) is 22.7. The van der Waals surface area contributed by atoms with Crippen LogP contribution in [0.2, 0.25) is 0 Å². The molecule has 0 unspecified atom stereocenters. The maximum atomic E-state index is 6.13. The Kier molecular flexibility index (Phi) is 4.82. The number of hydrogen-bond donors (Lipinski definition) is 0. The molecule has 0 fully saturated rings. The highest BCUT2D eigenvalue weighted by Crippen LogP contribution is 2.63. The van der Waals surface area contributed by atoms with Gasteiger partial charge in [-0.2, -0.15) is 0 Å². The summed E-state index contributed by atoms with van der Waals surface area (Å²) >= 11 is 0. The number of rotatable bonds is 3. The fourth-order valence-electron chi connectivity index (χ4n) is 7.24. The molecule has 0 bridgehead atoms. The van der Waals surface area contributed by atoms with Crippen LogP contribution in [-0.4, -0.2) is 10.2 Å². The molecule has 3 heteroatoms. The Morgan fingerprint density at radius 3 is 1.57 bits per heavy atom. The van der Waals surface area contributed by atoms with Crippen molar-refractivity contribution >= 4 is 0 Å². The van der Waals surface area contributed by atoms with Crippen LogP contribution in [0.15, 0.2) is 150 Å². The fraction of sp³-hybridized carbons (Fsp3) is 0.0256. The molecule has 7 aromatic rings. The summed E-state index contributed by atoms with van der Waals surface area (Å²) in [5, 5.41) is 8.72. The quantitative estimate of drug-likeness (QED) is 0.226. The number of fused-ring (bicyclic) bond motifs is 10. The van der Waals surface area contributed by atoms with E-state index in [1.165, 1.54) is 50.1 Å². The fourth-order valence-corrected chi connectivity index (χ4v) is 7.24. The number of hydrogen-bond acceptors (Lipinski definition) is 3. The number of nitrogens with zero attached hydrogens (tertiary/aromatic N) is 2. The lowest BCUT2D eigenvalue weighted by Gasteiger charge is -2.30. The Balaban J connectivity index is 1.26. The average Bonchev–Trinajstić information content (AvgIpc) is 3.76. The van der Waals surface area contributed by atoms with Crippen LogP contribution in [0.5, 0.6) is 0 Å². The van der Waals surface area contributed by atoms with Crippen molar-refractivity contribution in [1.82, 2.24) is 10.2 Å². The summed E-state index contributed by atoms with van der Waals surface area (Å²) in [5.74, 6) is 1.03. The summed E-state index contributed by atoms with van der Waals surface area (Å²) in [5.41, 5.74) is 14.3. The second-order valence-electron chi connectivity index (χ2n) is 11.0. The molecule has 0 atom stereocenters. The van der Waals surface area contributed by atoms with Gasteiger partial charge in [-0.1, -0.05) is 121 Å². The van der Waals surface area contributed by atoms with Crippen molar-refractivity contribution in [3.63, 3.8) is 0 Å². The third-order valence-electron chi connectivity index (χ3n) is 8.89. The maximum Gasteiger partial charge on any atom is 0.248 e. The molecule has 1 aromatic heterocycles.